The molecule has 0 aliphatic carbocycles. The lowest BCUT2D eigenvalue weighted by atomic mass is 10.0. The first-order valence-corrected chi connectivity index (χ1v) is 6.67. The van der Waals surface area contributed by atoms with E-state index in [9.17, 15) is 14.4 Å². The van der Waals surface area contributed by atoms with Crippen LogP contribution in [0.1, 0.15) is 33.6 Å². The molecule has 0 aliphatic rings. The number of nitrogens with zero attached hydrogens (tertiary/aromatic N) is 2. The summed E-state index contributed by atoms with van der Waals surface area (Å²) in [7, 11) is 2.86. The molecule has 7 heteroatoms. The molecule has 1 unspecified atom stereocenters. The topological polar surface area (TPSA) is 110 Å². The molecule has 0 fully saturated rings. The van der Waals surface area contributed by atoms with Gasteiger partial charge in [-0.1, -0.05) is 13.8 Å². The van der Waals surface area contributed by atoms with Crippen LogP contribution in [0.4, 0.5) is 4.79 Å². The summed E-state index contributed by atoms with van der Waals surface area (Å²) in [5.41, 5.74) is 10.7. The third-order valence-corrected chi connectivity index (χ3v) is 3.17. The van der Waals surface area contributed by atoms with E-state index in [0.29, 0.717) is 6.42 Å². The highest BCUT2D eigenvalue weighted by molar-refractivity contribution is 5.97. The number of primary amides is 1. The second-order valence-electron chi connectivity index (χ2n) is 5.44. The molecular weight excluding hydrogens is 260 g/mol. The van der Waals surface area contributed by atoms with Gasteiger partial charge in [-0.15, -0.1) is 0 Å². The average molecular weight is 286 g/mol. The zero-order valence-electron chi connectivity index (χ0n) is 12.9. The van der Waals surface area contributed by atoms with Crippen LogP contribution < -0.4 is 11.5 Å². The van der Waals surface area contributed by atoms with Crippen molar-refractivity contribution in [1.29, 1.82) is 0 Å². The van der Waals surface area contributed by atoms with Crippen LogP contribution in [-0.2, 0) is 9.59 Å². The van der Waals surface area contributed by atoms with Crippen molar-refractivity contribution in [3.8, 4) is 0 Å². The minimum atomic E-state index is -0.836. The van der Waals surface area contributed by atoms with E-state index in [1.54, 1.807) is 7.05 Å². The highest BCUT2D eigenvalue weighted by Gasteiger charge is 2.33. The first kappa shape index (κ1) is 18.4. The molecule has 2 atom stereocenters. The molecule has 4 N–H and O–H groups in total. The Balaban J connectivity index is 4.95. The summed E-state index contributed by atoms with van der Waals surface area (Å²) in [5, 5.41) is 0. The van der Waals surface area contributed by atoms with Gasteiger partial charge >= 0.3 is 6.03 Å². The Morgan fingerprint density at radius 2 is 1.60 bits per heavy atom. The quantitative estimate of drug-likeness (QED) is 0.723. The van der Waals surface area contributed by atoms with Crippen molar-refractivity contribution in [2.75, 3.05) is 14.1 Å². The maximum absolute atomic E-state index is 12.2. The smallest absolute Gasteiger partial charge is 0.321 e. The average Bonchev–Trinajstić information content (AvgIpc) is 2.33. The predicted octanol–water partition coefficient (Wildman–Crippen LogP) is 0.134. The molecule has 0 aliphatic heterocycles. The Morgan fingerprint density at radius 3 is 1.95 bits per heavy atom. The second-order valence-corrected chi connectivity index (χ2v) is 5.44. The number of carbonyl (C=O) groups excluding carboxylic acids is 3. The molecule has 0 bridgehead atoms. The lowest BCUT2D eigenvalue weighted by molar-refractivity contribution is -0.144. The molecule has 116 valence electrons. The Bertz CT molecular complexity index is 369. The van der Waals surface area contributed by atoms with Gasteiger partial charge < -0.3 is 16.4 Å². The van der Waals surface area contributed by atoms with E-state index in [4.69, 9.17) is 11.5 Å². The third-order valence-electron chi connectivity index (χ3n) is 3.17. The maximum Gasteiger partial charge on any atom is 0.321 e. The number of hydrogen-bond acceptors (Lipinski definition) is 4. The molecule has 0 heterocycles. The number of hydrogen-bond donors (Lipinski definition) is 2. The Morgan fingerprint density at radius 1 is 1.10 bits per heavy atom. The van der Waals surface area contributed by atoms with E-state index in [-0.39, 0.29) is 24.3 Å². The summed E-state index contributed by atoms with van der Waals surface area (Å²) in [6, 6.07) is -1.63. The van der Waals surface area contributed by atoms with E-state index in [0.717, 1.165) is 4.90 Å². The summed E-state index contributed by atoms with van der Waals surface area (Å²) >= 11 is 0. The summed E-state index contributed by atoms with van der Waals surface area (Å²) in [6.07, 6.45) is 0.818. The van der Waals surface area contributed by atoms with E-state index >= 15 is 0 Å². The SMILES string of the molecule is CC(N)CCC(=O)N(C)[C@H](C(=O)N(C)C(N)=O)C(C)C. The molecule has 7 nitrogen and oxygen atoms in total. The second kappa shape index (κ2) is 7.84. The highest BCUT2D eigenvalue weighted by atomic mass is 16.2. The maximum atomic E-state index is 12.2. The lowest BCUT2D eigenvalue weighted by Crippen LogP contribution is -2.53. The fourth-order valence-electron chi connectivity index (χ4n) is 1.89. The predicted molar refractivity (Wildman–Crippen MR) is 76.6 cm³/mol. The molecule has 0 aromatic carbocycles. The van der Waals surface area contributed by atoms with E-state index < -0.39 is 18.0 Å². The summed E-state index contributed by atoms with van der Waals surface area (Å²) in [5.74, 6) is -0.787. The van der Waals surface area contributed by atoms with E-state index in [1.807, 2.05) is 20.8 Å². The standard InChI is InChI=1S/C13H26N4O3/c1-8(2)11(12(19)17(5)13(15)20)16(4)10(18)7-6-9(3)14/h8-9,11H,6-7,14H2,1-5H3,(H2,15,20)/t9?,11-/m0/s1. The van der Waals surface area contributed by atoms with Gasteiger partial charge in [0, 0.05) is 26.6 Å². The largest absolute Gasteiger partial charge is 0.351 e. The van der Waals surface area contributed by atoms with Crippen LogP contribution in [0.2, 0.25) is 0 Å². The minimum absolute atomic E-state index is 0.0751. The van der Waals surface area contributed by atoms with Crippen molar-refractivity contribution in [2.24, 2.45) is 17.4 Å². The summed E-state index contributed by atoms with van der Waals surface area (Å²) in [6.45, 7) is 5.44. The molecule has 4 amide bonds. The van der Waals surface area contributed by atoms with Crippen LogP contribution in [0.3, 0.4) is 0 Å². The van der Waals surface area contributed by atoms with Gasteiger partial charge in [-0.2, -0.15) is 0 Å². The first-order chi connectivity index (χ1) is 9.09. The fraction of sp³-hybridized carbons (Fsp3) is 0.769. The van der Waals surface area contributed by atoms with Gasteiger partial charge in [0.15, 0.2) is 0 Å². The number of nitrogens with two attached hydrogens (primary N) is 2. The Labute approximate surface area is 120 Å². The molecule has 20 heavy (non-hydrogen) atoms. The Kier molecular flexibility index (Phi) is 7.20. The van der Waals surface area contributed by atoms with Gasteiger partial charge in [0.1, 0.15) is 6.04 Å². The fourth-order valence-corrected chi connectivity index (χ4v) is 1.89. The van der Waals surface area contributed by atoms with Gasteiger partial charge in [-0.25, -0.2) is 4.79 Å². The lowest BCUT2D eigenvalue weighted by Gasteiger charge is -2.32. The minimum Gasteiger partial charge on any atom is -0.351 e. The molecule has 0 aromatic heterocycles. The Hall–Kier alpha value is -1.63. The summed E-state index contributed by atoms with van der Waals surface area (Å²) < 4.78 is 0. The number of urea groups is 1. The zero-order valence-corrected chi connectivity index (χ0v) is 12.9. The van der Waals surface area contributed by atoms with Gasteiger partial charge in [0.2, 0.25) is 5.91 Å². The molecule has 0 saturated heterocycles. The number of amides is 4. The van der Waals surface area contributed by atoms with Crippen LogP contribution in [0.5, 0.6) is 0 Å². The molecule has 0 radical (unpaired) electrons. The van der Waals surface area contributed by atoms with Crippen molar-refractivity contribution in [3.05, 3.63) is 0 Å². The monoisotopic (exact) mass is 286 g/mol. The van der Waals surface area contributed by atoms with E-state index in [1.165, 1.54) is 11.9 Å². The van der Waals surface area contributed by atoms with Crippen LogP contribution in [0.15, 0.2) is 0 Å². The number of rotatable bonds is 6. The van der Waals surface area contributed by atoms with Crippen molar-refractivity contribution in [1.82, 2.24) is 9.80 Å². The van der Waals surface area contributed by atoms with Crippen LogP contribution in [-0.4, -0.2) is 53.8 Å². The molecular formula is C13H26N4O3. The van der Waals surface area contributed by atoms with Crippen molar-refractivity contribution in [3.63, 3.8) is 0 Å². The van der Waals surface area contributed by atoms with E-state index in [2.05, 4.69) is 0 Å². The highest BCUT2D eigenvalue weighted by Crippen LogP contribution is 2.14. The molecule has 0 aromatic rings. The molecule has 0 spiro atoms. The van der Waals surface area contributed by atoms with Gasteiger partial charge in [-0.3, -0.25) is 14.5 Å². The molecule has 0 saturated carbocycles. The van der Waals surface area contributed by atoms with Crippen molar-refractivity contribution >= 4 is 17.8 Å². The summed E-state index contributed by atoms with van der Waals surface area (Å²) in [4.78, 5) is 37.6. The van der Waals surface area contributed by atoms with Crippen molar-refractivity contribution < 1.29 is 14.4 Å². The number of likely N-dealkylation sites (N-methyl/N-ethyl adjacent to an activating group) is 2. The van der Waals surface area contributed by atoms with Crippen LogP contribution in [0, 0.1) is 5.92 Å². The van der Waals surface area contributed by atoms with Gasteiger partial charge in [-0.05, 0) is 19.3 Å². The third kappa shape index (κ3) is 5.16. The van der Waals surface area contributed by atoms with Crippen molar-refractivity contribution in [2.45, 2.75) is 45.7 Å². The van der Waals surface area contributed by atoms with Crippen LogP contribution in [0.25, 0.3) is 0 Å². The molecule has 0 rings (SSSR count). The normalized spacial score (nSPS) is 13.8. The van der Waals surface area contributed by atoms with Crippen LogP contribution >= 0.6 is 0 Å². The number of carbonyl (C=O) groups is 3. The zero-order chi connectivity index (χ0) is 16.0. The van der Waals surface area contributed by atoms with Gasteiger partial charge in [0.25, 0.3) is 5.91 Å². The van der Waals surface area contributed by atoms with Gasteiger partial charge in [0.05, 0.1) is 0 Å². The number of imide groups is 1. The first-order valence-electron chi connectivity index (χ1n) is 6.67.